The van der Waals surface area contributed by atoms with Crippen LogP contribution >= 0.6 is 0 Å². The third kappa shape index (κ3) is 4.39. The fraction of sp³-hybridized carbons (Fsp3) is 0.400. The fourth-order valence-corrected chi connectivity index (χ4v) is 1.68. The molecule has 6 nitrogen and oxygen atoms in total. The molecule has 1 aromatic heterocycles. The van der Waals surface area contributed by atoms with Crippen molar-refractivity contribution >= 4 is 22.7 Å². The van der Waals surface area contributed by atoms with Gasteiger partial charge in [-0.25, -0.2) is 4.79 Å². The molecular weight excluding hydrogens is 244 g/mol. The van der Waals surface area contributed by atoms with E-state index in [0.717, 1.165) is 0 Å². The van der Waals surface area contributed by atoms with Crippen molar-refractivity contribution in [1.29, 1.82) is 0 Å². The van der Waals surface area contributed by atoms with Crippen molar-refractivity contribution in [2.24, 2.45) is 0 Å². The smallest absolute Gasteiger partial charge is 0.352 e. The van der Waals surface area contributed by atoms with Gasteiger partial charge in [-0.15, -0.1) is 0 Å². The number of rotatable bonds is 6. The molecule has 0 aromatic carbocycles. The van der Waals surface area contributed by atoms with Gasteiger partial charge in [-0.3, -0.25) is 9.00 Å². The minimum absolute atomic E-state index is 0.0506. The van der Waals surface area contributed by atoms with Gasteiger partial charge in [0.05, 0.1) is 0 Å². The van der Waals surface area contributed by atoms with Crippen LogP contribution in [0.4, 0.5) is 0 Å². The maximum absolute atomic E-state index is 11.4. The summed E-state index contributed by atoms with van der Waals surface area (Å²) in [6, 6.07) is 2.99. The summed E-state index contributed by atoms with van der Waals surface area (Å²) in [7, 11) is -0.948. The Morgan fingerprint density at radius 3 is 2.82 bits per heavy atom. The molecule has 1 aromatic rings. The van der Waals surface area contributed by atoms with Crippen LogP contribution in [0, 0.1) is 0 Å². The van der Waals surface area contributed by atoms with Gasteiger partial charge in [0.25, 0.3) is 0 Å². The van der Waals surface area contributed by atoms with Gasteiger partial charge >= 0.3 is 5.97 Å². The number of hydrogen-bond donors (Lipinski definition) is 2. The van der Waals surface area contributed by atoms with Crippen molar-refractivity contribution in [3.05, 3.63) is 24.0 Å². The second-order valence-corrected chi connectivity index (χ2v) is 5.01. The minimum atomic E-state index is -1.07. The first-order valence-corrected chi connectivity index (χ1v) is 6.68. The van der Waals surface area contributed by atoms with E-state index < -0.39 is 16.8 Å². The van der Waals surface area contributed by atoms with Crippen LogP contribution in [0.2, 0.25) is 0 Å². The van der Waals surface area contributed by atoms with Crippen LogP contribution in [-0.4, -0.2) is 44.3 Å². The summed E-state index contributed by atoms with van der Waals surface area (Å²) >= 11 is 0. The third-order valence-corrected chi connectivity index (χ3v) is 2.85. The lowest BCUT2D eigenvalue weighted by Crippen LogP contribution is -2.31. The van der Waals surface area contributed by atoms with E-state index in [2.05, 4.69) is 5.32 Å². The van der Waals surface area contributed by atoms with E-state index in [1.807, 2.05) is 0 Å². The highest BCUT2D eigenvalue weighted by molar-refractivity contribution is 7.84. The Balaban J connectivity index is 2.48. The summed E-state index contributed by atoms with van der Waals surface area (Å²) in [6.07, 6.45) is 3.08. The molecule has 94 valence electrons. The van der Waals surface area contributed by atoms with E-state index in [-0.39, 0.29) is 18.1 Å². The van der Waals surface area contributed by atoms with E-state index in [0.29, 0.717) is 12.3 Å². The molecule has 0 aliphatic rings. The summed E-state index contributed by atoms with van der Waals surface area (Å²) < 4.78 is 12.1. The molecule has 0 saturated heterocycles. The van der Waals surface area contributed by atoms with Gasteiger partial charge in [-0.05, 0) is 12.1 Å². The maximum Gasteiger partial charge on any atom is 0.352 e. The first-order valence-electron chi connectivity index (χ1n) is 4.96. The summed E-state index contributed by atoms with van der Waals surface area (Å²) in [5, 5.41) is 11.4. The van der Waals surface area contributed by atoms with Crippen LogP contribution in [0.5, 0.6) is 0 Å². The van der Waals surface area contributed by atoms with Gasteiger partial charge in [0.15, 0.2) is 0 Å². The number of carbonyl (C=O) groups excluding carboxylic acids is 1. The average Bonchev–Trinajstić information content (AvgIpc) is 2.65. The van der Waals surface area contributed by atoms with Crippen LogP contribution in [-0.2, 0) is 22.1 Å². The zero-order valence-corrected chi connectivity index (χ0v) is 10.2. The number of carboxylic acids is 1. The average molecular weight is 258 g/mol. The van der Waals surface area contributed by atoms with E-state index in [9.17, 15) is 13.8 Å². The molecule has 17 heavy (non-hydrogen) atoms. The summed E-state index contributed by atoms with van der Waals surface area (Å²) in [4.78, 5) is 22.2. The predicted molar refractivity (Wildman–Crippen MR) is 63.3 cm³/mol. The van der Waals surface area contributed by atoms with Crippen LogP contribution < -0.4 is 5.32 Å². The maximum atomic E-state index is 11.4. The Bertz CT molecular complexity index is 441. The highest BCUT2D eigenvalue weighted by Crippen LogP contribution is 2.01. The molecule has 0 bridgehead atoms. The standard InChI is InChI=1S/C10H14N2O4S/c1-17(16)6-4-11-9(13)7-12-5-2-3-8(12)10(14)15/h2-3,5H,4,6-7H2,1H3,(H,11,13)(H,14,15). The lowest BCUT2D eigenvalue weighted by molar-refractivity contribution is -0.121. The summed E-state index contributed by atoms with van der Waals surface area (Å²) in [5.41, 5.74) is 0.0687. The molecule has 7 heteroatoms. The third-order valence-electron chi connectivity index (χ3n) is 2.07. The first kappa shape index (κ1) is 13.4. The van der Waals surface area contributed by atoms with E-state index >= 15 is 0 Å². The molecule has 1 rings (SSSR count). The fourth-order valence-electron chi connectivity index (χ4n) is 1.29. The molecule has 0 aliphatic carbocycles. The molecule has 1 amide bonds. The number of amides is 1. The lowest BCUT2D eigenvalue weighted by Gasteiger charge is -2.07. The van der Waals surface area contributed by atoms with Gasteiger partial charge < -0.3 is 15.0 Å². The topological polar surface area (TPSA) is 88.4 Å². The van der Waals surface area contributed by atoms with Crippen LogP contribution in [0.25, 0.3) is 0 Å². The second-order valence-electron chi connectivity index (χ2n) is 3.45. The summed E-state index contributed by atoms with van der Waals surface area (Å²) in [5.74, 6) is -0.977. The molecule has 0 fully saturated rings. The van der Waals surface area contributed by atoms with Gasteiger partial charge in [-0.2, -0.15) is 0 Å². The zero-order valence-electron chi connectivity index (χ0n) is 9.38. The monoisotopic (exact) mass is 258 g/mol. The van der Waals surface area contributed by atoms with Crippen molar-refractivity contribution in [1.82, 2.24) is 9.88 Å². The molecule has 0 saturated carbocycles. The van der Waals surface area contributed by atoms with Crippen LogP contribution in [0.15, 0.2) is 18.3 Å². The van der Waals surface area contributed by atoms with Crippen molar-refractivity contribution < 1.29 is 18.9 Å². The van der Waals surface area contributed by atoms with E-state index in [1.54, 1.807) is 12.3 Å². The Hall–Kier alpha value is -1.63. The predicted octanol–water partition coefficient (Wildman–Crippen LogP) is -0.319. The number of aromatic carboxylic acids is 1. The molecule has 1 atom stereocenters. The molecule has 1 unspecified atom stereocenters. The Morgan fingerprint density at radius 1 is 1.53 bits per heavy atom. The number of carbonyl (C=O) groups is 2. The number of nitrogens with zero attached hydrogens (tertiary/aromatic N) is 1. The zero-order chi connectivity index (χ0) is 12.8. The van der Waals surface area contributed by atoms with Crippen molar-refractivity contribution in [2.75, 3.05) is 18.6 Å². The minimum Gasteiger partial charge on any atom is -0.477 e. The van der Waals surface area contributed by atoms with Gasteiger partial charge in [0.2, 0.25) is 5.91 Å². The van der Waals surface area contributed by atoms with Crippen molar-refractivity contribution in [3.8, 4) is 0 Å². The quantitative estimate of drug-likeness (QED) is 0.732. The van der Waals surface area contributed by atoms with Crippen LogP contribution in [0.3, 0.4) is 0 Å². The van der Waals surface area contributed by atoms with Crippen LogP contribution in [0.1, 0.15) is 10.5 Å². The molecule has 0 spiro atoms. The van der Waals surface area contributed by atoms with Gasteiger partial charge in [0.1, 0.15) is 12.2 Å². The number of aromatic nitrogens is 1. The lowest BCUT2D eigenvalue weighted by atomic mass is 10.4. The molecular formula is C10H14N2O4S. The number of carboxylic acid groups (broad SMARTS) is 1. The van der Waals surface area contributed by atoms with Crippen molar-refractivity contribution in [3.63, 3.8) is 0 Å². The molecule has 2 N–H and O–H groups in total. The normalized spacial score (nSPS) is 12.1. The van der Waals surface area contributed by atoms with Crippen molar-refractivity contribution in [2.45, 2.75) is 6.54 Å². The second kappa shape index (κ2) is 6.19. The van der Waals surface area contributed by atoms with E-state index in [4.69, 9.17) is 5.11 Å². The molecule has 0 radical (unpaired) electrons. The van der Waals surface area contributed by atoms with Gasteiger partial charge in [0, 0.05) is 35.5 Å². The van der Waals surface area contributed by atoms with E-state index in [1.165, 1.54) is 16.8 Å². The first-order chi connectivity index (χ1) is 8.00. The largest absolute Gasteiger partial charge is 0.477 e. The highest BCUT2D eigenvalue weighted by Gasteiger charge is 2.11. The Morgan fingerprint density at radius 2 is 2.24 bits per heavy atom. The van der Waals surface area contributed by atoms with Gasteiger partial charge in [-0.1, -0.05) is 0 Å². The SMILES string of the molecule is CS(=O)CCNC(=O)Cn1cccc1C(=O)O. The Labute approximate surface area is 101 Å². The number of hydrogen-bond acceptors (Lipinski definition) is 3. The summed E-state index contributed by atoms with van der Waals surface area (Å²) in [6.45, 7) is 0.274. The molecule has 1 heterocycles. The number of nitrogens with one attached hydrogen (secondary N) is 1. The molecule has 0 aliphatic heterocycles. The Kier molecular flexibility index (Phi) is 4.89. The highest BCUT2D eigenvalue weighted by atomic mass is 32.2.